The molecule has 1 heterocycles. The fourth-order valence-corrected chi connectivity index (χ4v) is 2.18. The fourth-order valence-electron chi connectivity index (χ4n) is 2.18. The second-order valence-corrected chi connectivity index (χ2v) is 4.40. The van der Waals surface area contributed by atoms with Crippen molar-refractivity contribution in [2.75, 3.05) is 13.1 Å². The van der Waals surface area contributed by atoms with Crippen LogP contribution in [0.5, 0.6) is 0 Å². The maximum atomic E-state index is 10.5. The van der Waals surface area contributed by atoms with Crippen LogP contribution < -0.4 is 5.32 Å². The summed E-state index contributed by atoms with van der Waals surface area (Å²) >= 11 is 0. The number of aldehydes is 1. The highest BCUT2D eigenvalue weighted by Crippen LogP contribution is 2.30. The summed E-state index contributed by atoms with van der Waals surface area (Å²) in [6.07, 6.45) is 5.47. The lowest BCUT2D eigenvalue weighted by Gasteiger charge is -2.33. The summed E-state index contributed by atoms with van der Waals surface area (Å²) in [6, 6.07) is 7.73. The second kappa shape index (κ2) is 5.25. The number of carbonyl (C=O) groups excluding carboxylic acids is 1. The van der Waals surface area contributed by atoms with Crippen molar-refractivity contribution in [1.82, 2.24) is 5.32 Å². The number of carbonyl (C=O) groups is 1. The van der Waals surface area contributed by atoms with Crippen LogP contribution in [-0.4, -0.2) is 24.5 Å². The molecule has 1 fully saturated rings. The Kier molecular flexibility index (Phi) is 3.71. The van der Waals surface area contributed by atoms with Crippen molar-refractivity contribution >= 4 is 12.4 Å². The van der Waals surface area contributed by atoms with E-state index in [1.165, 1.54) is 6.08 Å². The molecule has 3 nitrogen and oxygen atoms in total. The van der Waals surface area contributed by atoms with Crippen LogP contribution in [0, 0.1) is 0 Å². The van der Waals surface area contributed by atoms with Gasteiger partial charge in [0, 0.05) is 0 Å². The van der Waals surface area contributed by atoms with Gasteiger partial charge in [-0.3, -0.25) is 4.79 Å². The Morgan fingerprint density at radius 3 is 2.41 bits per heavy atom. The molecule has 1 aromatic carbocycles. The van der Waals surface area contributed by atoms with Crippen molar-refractivity contribution in [2.45, 2.75) is 18.4 Å². The van der Waals surface area contributed by atoms with Crippen molar-refractivity contribution in [3.63, 3.8) is 0 Å². The molecule has 90 valence electrons. The van der Waals surface area contributed by atoms with Crippen molar-refractivity contribution in [1.29, 1.82) is 0 Å². The largest absolute Gasteiger partial charge is 0.385 e. The summed E-state index contributed by atoms with van der Waals surface area (Å²) in [5.74, 6) is 0. The van der Waals surface area contributed by atoms with E-state index < -0.39 is 5.60 Å². The molecule has 0 spiro atoms. The SMILES string of the molecule is O=CC=Cc1ccc(C2(O)CCNCC2)cc1. The summed E-state index contributed by atoms with van der Waals surface area (Å²) in [7, 11) is 0. The summed E-state index contributed by atoms with van der Waals surface area (Å²) in [4.78, 5) is 10.2. The number of rotatable bonds is 3. The van der Waals surface area contributed by atoms with E-state index in [2.05, 4.69) is 5.32 Å². The third kappa shape index (κ3) is 2.81. The number of hydrogen-bond acceptors (Lipinski definition) is 3. The molecule has 2 N–H and O–H groups in total. The summed E-state index contributed by atoms with van der Waals surface area (Å²) < 4.78 is 0. The first-order chi connectivity index (χ1) is 8.24. The van der Waals surface area contributed by atoms with E-state index in [0.29, 0.717) is 0 Å². The van der Waals surface area contributed by atoms with Crippen LogP contribution in [0.2, 0.25) is 0 Å². The van der Waals surface area contributed by atoms with Crippen LogP contribution in [0.4, 0.5) is 0 Å². The monoisotopic (exact) mass is 231 g/mol. The highest BCUT2D eigenvalue weighted by atomic mass is 16.3. The van der Waals surface area contributed by atoms with Gasteiger partial charge in [-0.25, -0.2) is 0 Å². The Labute approximate surface area is 101 Å². The van der Waals surface area contributed by atoms with Gasteiger partial charge < -0.3 is 10.4 Å². The number of benzene rings is 1. The smallest absolute Gasteiger partial charge is 0.142 e. The Morgan fingerprint density at radius 2 is 1.82 bits per heavy atom. The van der Waals surface area contributed by atoms with Gasteiger partial charge in [-0.2, -0.15) is 0 Å². The molecule has 0 amide bonds. The average Bonchev–Trinajstić information content (AvgIpc) is 2.38. The number of aliphatic hydroxyl groups is 1. The zero-order chi connectivity index (χ0) is 12.1. The number of nitrogens with one attached hydrogen (secondary N) is 1. The Balaban J connectivity index is 2.16. The predicted molar refractivity (Wildman–Crippen MR) is 67.5 cm³/mol. The molecule has 0 aliphatic carbocycles. The van der Waals surface area contributed by atoms with E-state index in [9.17, 15) is 9.90 Å². The first-order valence-corrected chi connectivity index (χ1v) is 5.90. The molecule has 0 saturated carbocycles. The van der Waals surface area contributed by atoms with Gasteiger partial charge in [-0.1, -0.05) is 30.3 Å². The van der Waals surface area contributed by atoms with Crippen molar-refractivity contribution in [3.05, 3.63) is 41.5 Å². The number of hydrogen-bond donors (Lipinski definition) is 2. The fraction of sp³-hybridized carbons (Fsp3) is 0.357. The van der Waals surface area contributed by atoms with Crippen molar-refractivity contribution in [2.24, 2.45) is 0 Å². The lowest BCUT2D eigenvalue weighted by Crippen LogP contribution is -2.39. The van der Waals surface area contributed by atoms with Crippen LogP contribution >= 0.6 is 0 Å². The van der Waals surface area contributed by atoms with Crippen LogP contribution in [0.25, 0.3) is 6.08 Å². The third-order valence-corrected chi connectivity index (χ3v) is 3.25. The standard InChI is InChI=1S/C14H17NO2/c16-11-1-2-12-3-5-13(6-4-12)14(17)7-9-15-10-8-14/h1-6,11,15,17H,7-10H2. The van der Waals surface area contributed by atoms with E-state index in [0.717, 1.165) is 43.3 Å². The van der Waals surface area contributed by atoms with E-state index in [1.54, 1.807) is 6.08 Å². The molecular formula is C14H17NO2. The molecule has 0 aromatic heterocycles. The van der Waals surface area contributed by atoms with E-state index in [-0.39, 0.29) is 0 Å². The predicted octanol–water partition coefficient (Wildman–Crippen LogP) is 1.47. The maximum Gasteiger partial charge on any atom is 0.142 e. The van der Waals surface area contributed by atoms with E-state index >= 15 is 0 Å². The lowest BCUT2D eigenvalue weighted by atomic mass is 9.85. The lowest BCUT2D eigenvalue weighted by molar-refractivity contribution is -0.104. The Bertz CT molecular complexity index is 403. The zero-order valence-electron chi connectivity index (χ0n) is 9.73. The molecule has 1 saturated heterocycles. The molecular weight excluding hydrogens is 214 g/mol. The molecule has 0 atom stereocenters. The van der Waals surface area contributed by atoms with Gasteiger partial charge >= 0.3 is 0 Å². The molecule has 0 bridgehead atoms. The summed E-state index contributed by atoms with van der Waals surface area (Å²) in [6.45, 7) is 1.70. The van der Waals surface area contributed by atoms with Gasteiger partial charge in [0.15, 0.2) is 0 Å². The summed E-state index contributed by atoms with van der Waals surface area (Å²) in [5.41, 5.74) is 1.23. The van der Waals surface area contributed by atoms with Crippen molar-refractivity contribution in [3.8, 4) is 0 Å². The molecule has 3 heteroatoms. The van der Waals surface area contributed by atoms with E-state index in [1.807, 2.05) is 24.3 Å². The van der Waals surface area contributed by atoms with Crippen LogP contribution in [-0.2, 0) is 10.4 Å². The molecule has 1 aliphatic heterocycles. The Morgan fingerprint density at radius 1 is 1.18 bits per heavy atom. The quantitative estimate of drug-likeness (QED) is 0.612. The van der Waals surface area contributed by atoms with Crippen LogP contribution in [0.1, 0.15) is 24.0 Å². The molecule has 0 unspecified atom stereocenters. The van der Waals surface area contributed by atoms with Gasteiger partial charge in [0.05, 0.1) is 5.60 Å². The molecule has 0 radical (unpaired) electrons. The first kappa shape index (κ1) is 12.0. The summed E-state index contributed by atoms with van der Waals surface area (Å²) in [5, 5.41) is 13.7. The highest BCUT2D eigenvalue weighted by molar-refractivity contribution is 5.73. The first-order valence-electron chi connectivity index (χ1n) is 5.90. The normalized spacial score (nSPS) is 19.4. The molecule has 2 rings (SSSR count). The minimum absolute atomic E-state index is 0.696. The van der Waals surface area contributed by atoms with Gasteiger partial charge in [-0.15, -0.1) is 0 Å². The van der Waals surface area contributed by atoms with Crippen LogP contribution in [0.3, 0.4) is 0 Å². The average molecular weight is 231 g/mol. The van der Waals surface area contributed by atoms with Gasteiger partial charge in [-0.05, 0) is 43.1 Å². The van der Waals surface area contributed by atoms with Gasteiger partial charge in [0.2, 0.25) is 0 Å². The molecule has 17 heavy (non-hydrogen) atoms. The zero-order valence-corrected chi connectivity index (χ0v) is 9.73. The van der Waals surface area contributed by atoms with Gasteiger partial charge in [0.25, 0.3) is 0 Å². The third-order valence-electron chi connectivity index (χ3n) is 3.25. The minimum atomic E-state index is -0.696. The number of allylic oxidation sites excluding steroid dienone is 1. The van der Waals surface area contributed by atoms with Crippen LogP contribution in [0.15, 0.2) is 30.3 Å². The maximum absolute atomic E-state index is 10.5. The van der Waals surface area contributed by atoms with Crippen molar-refractivity contribution < 1.29 is 9.90 Å². The number of piperidine rings is 1. The highest BCUT2D eigenvalue weighted by Gasteiger charge is 2.30. The topological polar surface area (TPSA) is 49.3 Å². The molecule has 1 aliphatic rings. The van der Waals surface area contributed by atoms with Gasteiger partial charge in [0.1, 0.15) is 6.29 Å². The second-order valence-electron chi connectivity index (χ2n) is 4.40. The Hall–Kier alpha value is -1.45. The minimum Gasteiger partial charge on any atom is -0.385 e. The van der Waals surface area contributed by atoms with E-state index in [4.69, 9.17) is 0 Å². The molecule has 1 aromatic rings.